The first-order chi connectivity index (χ1) is 9.55. The molecule has 3 heteroatoms. The topological polar surface area (TPSA) is 26.3 Å². The quantitative estimate of drug-likeness (QED) is 0.637. The smallest absolute Gasteiger partial charge is 0.338 e. The number of esters is 1. The molecule has 0 saturated carbocycles. The number of carbonyl (C=O) groups excluding carboxylic acids is 1. The van der Waals surface area contributed by atoms with Gasteiger partial charge in [-0.05, 0) is 19.1 Å². The van der Waals surface area contributed by atoms with Crippen LogP contribution in [0.4, 0.5) is 0 Å². The minimum Gasteiger partial charge on any atom is -0.462 e. The Hall–Kier alpha value is -1.87. The number of carbonyl (C=O) groups is 1. The summed E-state index contributed by atoms with van der Waals surface area (Å²) in [5.41, 5.74) is 0.619. The zero-order valence-electron chi connectivity index (χ0n) is 12.2. The average molecular weight is 284 g/mol. The monoisotopic (exact) mass is 284 g/mol. The Balaban J connectivity index is 2.28. The van der Waals surface area contributed by atoms with Gasteiger partial charge >= 0.3 is 5.97 Å². The number of rotatable bonds is 4. The van der Waals surface area contributed by atoms with E-state index < -0.39 is 8.07 Å². The lowest BCUT2D eigenvalue weighted by atomic mass is 10.2. The van der Waals surface area contributed by atoms with Gasteiger partial charge in [0, 0.05) is 0 Å². The van der Waals surface area contributed by atoms with Crippen LogP contribution in [0.15, 0.2) is 54.6 Å². The Labute approximate surface area is 121 Å². The van der Waals surface area contributed by atoms with Gasteiger partial charge in [0.25, 0.3) is 0 Å². The summed E-state index contributed by atoms with van der Waals surface area (Å²) in [6.45, 7) is 6.87. The molecule has 0 bridgehead atoms. The highest BCUT2D eigenvalue weighted by atomic mass is 28.3. The van der Waals surface area contributed by atoms with E-state index in [0.717, 1.165) is 0 Å². The molecule has 0 N–H and O–H groups in total. The van der Waals surface area contributed by atoms with Gasteiger partial charge in [0.15, 0.2) is 0 Å². The molecule has 0 atom stereocenters. The zero-order valence-corrected chi connectivity index (χ0v) is 13.2. The molecule has 104 valence electrons. The minimum atomic E-state index is -1.68. The summed E-state index contributed by atoms with van der Waals surface area (Å²) in [6, 6.07) is 18.4. The van der Waals surface area contributed by atoms with Gasteiger partial charge in [-0.2, -0.15) is 0 Å². The lowest BCUT2D eigenvalue weighted by molar-refractivity contribution is 0.0526. The Morgan fingerprint density at radius 2 is 1.50 bits per heavy atom. The molecular formula is C17H20O2Si. The van der Waals surface area contributed by atoms with Crippen molar-refractivity contribution in [2.45, 2.75) is 20.0 Å². The maximum Gasteiger partial charge on any atom is 0.338 e. The van der Waals surface area contributed by atoms with Crippen molar-refractivity contribution in [3.63, 3.8) is 0 Å². The second-order valence-electron chi connectivity index (χ2n) is 5.29. The average Bonchev–Trinajstić information content (AvgIpc) is 2.48. The highest BCUT2D eigenvalue weighted by Gasteiger charge is 2.25. The second kappa shape index (κ2) is 6.05. The molecule has 0 heterocycles. The number of hydrogen-bond donors (Lipinski definition) is 0. The summed E-state index contributed by atoms with van der Waals surface area (Å²) < 4.78 is 5.01. The molecule has 2 nitrogen and oxygen atoms in total. The summed E-state index contributed by atoms with van der Waals surface area (Å²) in [5, 5.41) is 2.71. The third-order valence-corrected chi connectivity index (χ3v) is 7.17. The van der Waals surface area contributed by atoms with Gasteiger partial charge in [-0.15, -0.1) is 0 Å². The molecule has 2 aromatic rings. The molecule has 0 unspecified atom stereocenters. The van der Waals surface area contributed by atoms with Crippen LogP contribution in [0.3, 0.4) is 0 Å². The summed E-state index contributed by atoms with van der Waals surface area (Å²) >= 11 is 0. The summed E-state index contributed by atoms with van der Waals surface area (Å²) in [5.74, 6) is -0.252. The first-order valence-electron chi connectivity index (χ1n) is 6.89. The Bertz CT molecular complexity index is 574. The fourth-order valence-corrected chi connectivity index (χ4v) is 4.62. The van der Waals surface area contributed by atoms with Crippen LogP contribution >= 0.6 is 0 Å². The van der Waals surface area contributed by atoms with E-state index in [4.69, 9.17) is 4.74 Å². The van der Waals surface area contributed by atoms with Gasteiger partial charge in [-0.1, -0.05) is 65.9 Å². The number of ether oxygens (including phenoxy) is 1. The van der Waals surface area contributed by atoms with Crippen LogP contribution in [0.5, 0.6) is 0 Å². The van der Waals surface area contributed by atoms with Gasteiger partial charge in [0.1, 0.15) is 8.07 Å². The van der Waals surface area contributed by atoms with Crippen molar-refractivity contribution in [2.75, 3.05) is 6.61 Å². The molecule has 0 aliphatic heterocycles. The van der Waals surface area contributed by atoms with Crippen molar-refractivity contribution in [1.29, 1.82) is 0 Å². The molecule has 0 fully saturated rings. The van der Waals surface area contributed by atoms with E-state index in [2.05, 4.69) is 49.5 Å². The molecule has 0 radical (unpaired) electrons. The third kappa shape index (κ3) is 2.99. The van der Waals surface area contributed by atoms with Gasteiger partial charge in [-0.25, -0.2) is 4.79 Å². The van der Waals surface area contributed by atoms with Gasteiger partial charge < -0.3 is 4.74 Å². The van der Waals surface area contributed by atoms with E-state index in [-0.39, 0.29) is 5.97 Å². The zero-order chi connectivity index (χ0) is 14.6. The van der Waals surface area contributed by atoms with Crippen molar-refractivity contribution in [3.05, 3.63) is 60.2 Å². The van der Waals surface area contributed by atoms with E-state index in [9.17, 15) is 4.79 Å². The molecule has 0 aliphatic rings. The SMILES string of the molecule is CCOC(=O)c1ccc([Si](C)(C)c2ccccc2)cc1. The number of hydrogen-bond acceptors (Lipinski definition) is 2. The van der Waals surface area contributed by atoms with Crippen LogP contribution in [0.2, 0.25) is 13.1 Å². The van der Waals surface area contributed by atoms with Crippen molar-refractivity contribution in [2.24, 2.45) is 0 Å². The standard InChI is InChI=1S/C17H20O2Si/c1-4-19-17(18)14-10-12-16(13-11-14)20(2,3)15-8-6-5-7-9-15/h5-13H,4H2,1-3H3. The summed E-state index contributed by atoms with van der Waals surface area (Å²) in [6.07, 6.45) is 0. The van der Waals surface area contributed by atoms with E-state index in [0.29, 0.717) is 12.2 Å². The highest BCUT2D eigenvalue weighted by molar-refractivity contribution is 7.00. The largest absolute Gasteiger partial charge is 0.462 e. The molecule has 2 aromatic carbocycles. The fraction of sp³-hybridized carbons (Fsp3) is 0.235. The van der Waals surface area contributed by atoms with E-state index >= 15 is 0 Å². The maximum absolute atomic E-state index is 11.7. The molecule has 0 aliphatic carbocycles. The van der Waals surface area contributed by atoms with Crippen LogP contribution in [0, 0.1) is 0 Å². The Morgan fingerprint density at radius 1 is 0.950 bits per heavy atom. The maximum atomic E-state index is 11.7. The van der Waals surface area contributed by atoms with Crippen LogP contribution in [-0.2, 0) is 4.74 Å². The summed E-state index contributed by atoms with van der Waals surface area (Å²) in [7, 11) is -1.68. The molecule has 0 saturated heterocycles. The fourth-order valence-electron chi connectivity index (χ4n) is 2.26. The highest BCUT2D eigenvalue weighted by Crippen LogP contribution is 2.07. The van der Waals surface area contributed by atoms with Gasteiger partial charge in [-0.3, -0.25) is 0 Å². The molecule has 0 aromatic heterocycles. The third-order valence-electron chi connectivity index (χ3n) is 3.61. The lowest BCUT2D eigenvalue weighted by Crippen LogP contribution is -2.52. The van der Waals surface area contributed by atoms with Gasteiger partial charge in [0.05, 0.1) is 12.2 Å². The predicted octanol–water partition coefficient (Wildman–Crippen LogP) is 2.69. The molecule has 20 heavy (non-hydrogen) atoms. The Morgan fingerprint density at radius 3 is 2.05 bits per heavy atom. The molecular weight excluding hydrogens is 264 g/mol. The Kier molecular flexibility index (Phi) is 4.40. The van der Waals surface area contributed by atoms with Crippen molar-refractivity contribution in [1.82, 2.24) is 0 Å². The lowest BCUT2D eigenvalue weighted by Gasteiger charge is -2.23. The summed E-state index contributed by atoms with van der Waals surface area (Å²) in [4.78, 5) is 11.7. The van der Waals surface area contributed by atoms with Crippen LogP contribution in [0.1, 0.15) is 17.3 Å². The number of benzene rings is 2. The first kappa shape index (κ1) is 14.5. The van der Waals surface area contributed by atoms with Crippen LogP contribution in [0.25, 0.3) is 0 Å². The van der Waals surface area contributed by atoms with Crippen LogP contribution < -0.4 is 10.4 Å². The minimum absolute atomic E-state index is 0.252. The second-order valence-corrected chi connectivity index (χ2v) is 9.69. The molecule has 2 rings (SSSR count). The normalized spacial score (nSPS) is 11.2. The van der Waals surface area contributed by atoms with Crippen molar-refractivity contribution in [3.8, 4) is 0 Å². The molecule has 0 spiro atoms. The molecule has 0 amide bonds. The van der Waals surface area contributed by atoms with E-state index in [1.807, 2.05) is 25.1 Å². The predicted molar refractivity (Wildman–Crippen MR) is 85.6 cm³/mol. The van der Waals surface area contributed by atoms with E-state index in [1.165, 1.54) is 10.4 Å². The first-order valence-corrected chi connectivity index (χ1v) is 9.89. The van der Waals surface area contributed by atoms with Crippen molar-refractivity contribution < 1.29 is 9.53 Å². The van der Waals surface area contributed by atoms with Crippen LogP contribution in [-0.4, -0.2) is 20.7 Å². The van der Waals surface area contributed by atoms with Gasteiger partial charge in [0.2, 0.25) is 0 Å². The van der Waals surface area contributed by atoms with E-state index in [1.54, 1.807) is 0 Å². The van der Waals surface area contributed by atoms with Crippen molar-refractivity contribution >= 4 is 24.4 Å².